The van der Waals surface area contributed by atoms with Crippen molar-refractivity contribution in [1.82, 2.24) is 9.88 Å². The summed E-state index contributed by atoms with van der Waals surface area (Å²) < 4.78 is 0. The zero-order valence-electron chi connectivity index (χ0n) is 10.2. The first-order chi connectivity index (χ1) is 8.40. The average molecular weight is 229 g/mol. The minimum absolute atomic E-state index is 0.404. The van der Waals surface area contributed by atoms with Gasteiger partial charge in [0.25, 0.3) is 0 Å². The van der Waals surface area contributed by atoms with Gasteiger partial charge in [0.2, 0.25) is 0 Å². The predicted octanol–water partition coefficient (Wildman–Crippen LogP) is 2.39. The maximum atomic E-state index is 8.23. The normalized spacial score (nSPS) is 19.2. The van der Waals surface area contributed by atoms with Gasteiger partial charge in [-0.05, 0) is 50.9 Å². The lowest BCUT2D eigenvalue weighted by Crippen LogP contribution is -2.21. The first-order valence-corrected chi connectivity index (χ1v) is 6.41. The van der Waals surface area contributed by atoms with E-state index in [1.807, 2.05) is 24.3 Å². The predicted molar refractivity (Wildman–Crippen MR) is 67.4 cm³/mol. The van der Waals surface area contributed by atoms with Crippen molar-refractivity contribution < 1.29 is 0 Å². The van der Waals surface area contributed by atoms with Crippen LogP contribution in [0.25, 0.3) is 0 Å². The Morgan fingerprint density at radius 1 is 1.29 bits per heavy atom. The summed E-state index contributed by atoms with van der Waals surface area (Å²) in [5.74, 6) is 0. The van der Waals surface area contributed by atoms with Crippen molar-refractivity contribution in [2.45, 2.75) is 38.1 Å². The van der Waals surface area contributed by atoms with Crippen molar-refractivity contribution in [2.75, 3.05) is 13.1 Å². The number of rotatable bonds is 1. The molecule has 0 atom stereocenters. The third-order valence-electron chi connectivity index (χ3n) is 3.47. The highest BCUT2D eigenvalue weighted by atomic mass is 15.2. The molecule has 3 nitrogen and oxygen atoms in total. The van der Waals surface area contributed by atoms with E-state index in [9.17, 15) is 0 Å². The van der Waals surface area contributed by atoms with Crippen molar-refractivity contribution in [3.05, 3.63) is 30.1 Å². The molecule has 0 unspecified atom stereocenters. The number of hydrogen-bond acceptors (Lipinski definition) is 3. The van der Waals surface area contributed by atoms with Crippen molar-refractivity contribution >= 4 is 0 Å². The second-order valence-corrected chi connectivity index (χ2v) is 4.63. The summed E-state index contributed by atoms with van der Waals surface area (Å²) in [4.78, 5) is 6.58. The number of hydrogen-bond donors (Lipinski definition) is 0. The van der Waals surface area contributed by atoms with Crippen LogP contribution in [0.2, 0.25) is 0 Å². The van der Waals surface area contributed by atoms with Crippen LogP contribution in [0.3, 0.4) is 0 Å². The van der Waals surface area contributed by atoms with E-state index in [1.165, 1.54) is 38.8 Å². The molecule has 1 aromatic rings. The van der Waals surface area contributed by atoms with Gasteiger partial charge in [0, 0.05) is 12.2 Å². The van der Waals surface area contributed by atoms with E-state index in [-0.39, 0.29) is 0 Å². The molecule has 3 heterocycles. The SMILES string of the molecule is C1CC2CCCN2C1.N#CCc1ccccn1. The van der Waals surface area contributed by atoms with Crippen LogP contribution in [0.1, 0.15) is 31.4 Å². The molecule has 0 radical (unpaired) electrons. The topological polar surface area (TPSA) is 39.9 Å². The van der Waals surface area contributed by atoms with Crippen molar-refractivity contribution in [3.8, 4) is 6.07 Å². The molecule has 2 saturated heterocycles. The number of nitriles is 1. The summed E-state index contributed by atoms with van der Waals surface area (Å²) in [7, 11) is 0. The second kappa shape index (κ2) is 6.36. The summed E-state index contributed by atoms with van der Waals surface area (Å²) >= 11 is 0. The summed E-state index contributed by atoms with van der Waals surface area (Å²) in [6.45, 7) is 2.79. The molecular formula is C14H19N3. The Hall–Kier alpha value is -1.40. The summed E-state index contributed by atoms with van der Waals surface area (Å²) in [5, 5.41) is 8.23. The monoisotopic (exact) mass is 229 g/mol. The molecular weight excluding hydrogens is 210 g/mol. The zero-order chi connectivity index (χ0) is 11.9. The van der Waals surface area contributed by atoms with Crippen molar-refractivity contribution in [2.24, 2.45) is 0 Å². The van der Waals surface area contributed by atoms with Crippen molar-refractivity contribution in [3.63, 3.8) is 0 Å². The quantitative estimate of drug-likeness (QED) is 0.742. The van der Waals surface area contributed by atoms with E-state index in [0.717, 1.165) is 11.7 Å². The number of pyridine rings is 1. The largest absolute Gasteiger partial charge is 0.300 e. The minimum atomic E-state index is 0.404. The van der Waals surface area contributed by atoms with Crippen LogP contribution < -0.4 is 0 Å². The van der Waals surface area contributed by atoms with Gasteiger partial charge in [-0.3, -0.25) is 4.98 Å². The highest BCUT2D eigenvalue weighted by molar-refractivity contribution is 5.07. The fraction of sp³-hybridized carbons (Fsp3) is 0.571. The van der Waals surface area contributed by atoms with Crippen LogP contribution in [0.5, 0.6) is 0 Å². The van der Waals surface area contributed by atoms with Gasteiger partial charge < -0.3 is 4.90 Å². The lowest BCUT2D eigenvalue weighted by Gasteiger charge is -2.11. The Labute approximate surface area is 103 Å². The van der Waals surface area contributed by atoms with Crippen LogP contribution in [0.4, 0.5) is 0 Å². The molecule has 3 heteroatoms. The first-order valence-electron chi connectivity index (χ1n) is 6.41. The molecule has 0 spiro atoms. The van der Waals surface area contributed by atoms with Crippen LogP contribution >= 0.6 is 0 Å². The number of nitrogens with zero attached hydrogens (tertiary/aromatic N) is 3. The molecule has 0 amide bonds. The van der Waals surface area contributed by atoms with E-state index < -0.39 is 0 Å². The molecule has 0 aliphatic carbocycles. The fourth-order valence-electron chi connectivity index (χ4n) is 2.63. The highest BCUT2D eigenvalue weighted by Crippen LogP contribution is 2.26. The number of fused-ring (bicyclic) bond motifs is 1. The van der Waals surface area contributed by atoms with Gasteiger partial charge in [0.1, 0.15) is 0 Å². The molecule has 3 rings (SSSR count). The third-order valence-corrected chi connectivity index (χ3v) is 3.47. The molecule has 1 aromatic heterocycles. The van der Waals surface area contributed by atoms with Gasteiger partial charge in [-0.1, -0.05) is 6.07 Å². The van der Waals surface area contributed by atoms with Gasteiger partial charge >= 0.3 is 0 Å². The van der Waals surface area contributed by atoms with E-state index in [1.54, 1.807) is 6.20 Å². The molecule has 0 N–H and O–H groups in total. The smallest absolute Gasteiger partial charge is 0.0774 e. The van der Waals surface area contributed by atoms with E-state index in [4.69, 9.17) is 5.26 Å². The van der Waals surface area contributed by atoms with Gasteiger partial charge in [-0.2, -0.15) is 5.26 Å². The van der Waals surface area contributed by atoms with Crippen molar-refractivity contribution in [1.29, 1.82) is 5.26 Å². The molecule has 0 saturated carbocycles. The summed E-state index contributed by atoms with van der Waals surface area (Å²) in [5.41, 5.74) is 0.833. The minimum Gasteiger partial charge on any atom is -0.300 e. The second-order valence-electron chi connectivity index (χ2n) is 4.63. The van der Waals surface area contributed by atoms with Gasteiger partial charge in [-0.25, -0.2) is 0 Å². The Morgan fingerprint density at radius 3 is 2.59 bits per heavy atom. The Morgan fingerprint density at radius 2 is 2.06 bits per heavy atom. The summed E-state index contributed by atoms with van der Waals surface area (Å²) in [6.07, 6.45) is 7.99. The highest BCUT2D eigenvalue weighted by Gasteiger charge is 2.27. The first kappa shape index (κ1) is 12.1. The Kier molecular flexibility index (Phi) is 4.52. The van der Waals surface area contributed by atoms with Gasteiger partial charge in [0.15, 0.2) is 0 Å². The maximum absolute atomic E-state index is 8.23. The van der Waals surface area contributed by atoms with E-state index in [0.29, 0.717) is 6.42 Å². The third kappa shape index (κ3) is 3.54. The molecule has 2 fully saturated rings. The lowest BCUT2D eigenvalue weighted by molar-refractivity contribution is 0.325. The fourth-order valence-corrected chi connectivity index (χ4v) is 2.63. The Balaban J connectivity index is 0.000000127. The molecule has 2 aliphatic heterocycles. The lowest BCUT2D eigenvalue weighted by atomic mass is 10.2. The van der Waals surface area contributed by atoms with Crippen LogP contribution in [-0.2, 0) is 6.42 Å². The standard InChI is InChI=1S/C7H6N2.C7H13N/c8-5-4-7-3-1-2-6-9-7;1-3-7-4-2-6-8(7)5-1/h1-3,6H,4H2;7H,1-6H2. The van der Waals surface area contributed by atoms with Crippen LogP contribution in [-0.4, -0.2) is 29.0 Å². The number of aromatic nitrogens is 1. The van der Waals surface area contributed by atoms with Crippen LogP contribution in [0, 0.1) is 11.3 Å². The summed E-state index contributed by atoms with van der Waals surface area (Å²) in [6, 6.07) is 8.58. The van der Waals surface area contributed by atoms with Gasteiger partial charge in [0.05, 0.1) is 18.2 Å². The Bertz CT molecular complexity index is 349. The molecule has 17 heavy (non-hydrogen) atoms. The van der Waals surface area contributed by atoms with Gasteiger partial charge in [-0.15, -0.1) is 0 Å². The molecule has 90 valence electrons. The average Bonchev–Trinajstić information content (AvgIpc) is 2.94. The van der Waals surface area contributed by atoms with E-state index in [2.05, 4.69) is 9.88 Å². The zero-order valence-corrected chi connectivity index (χ0v) is 10.2. The maximum Gasteiger partial charge on any atom is 0.0774 e. The van der Waals surface area contributed by atoms with E-state index >= 15 is 0 Å². The molecule has 0 aromatic carbocycles. The molecule has 2 aliphatic rings. The molecule has 0 bridgehead atoms. The van der Waals surface area contributed by atoms with Crippen LogP contribution in [0.15, 0.2) is 24.4 Å².